The average molecular weight is 430 g/mol. The van der Waals surface area contributed by atoms with Gasteiger partial charge in [-0.3, -0.25) is 0 Å². The van der Waals surface area contributed by atoms with E-state index in [4.69, 9.17) is 19.9 Å². The predicted molar refractivity (Wildman–Crippen MR) is 117 cm³/mol. The van der Waals surface area contributed by atoms with Crippen LogP contribution in [-0.2, 0) is 16.6 Å². The molecule has 4 rings (SSSR count). The number of hydrogen-bond acceptors (Lipinski definition) is 7. The Balaban J connectivity index is 1.87. The molecule has 1 unspecified atom stereocenters. The lowest BCUT2D eigenvalue weighted by atomic mass is 9.82. The molecule has 1 atom stereocenters. The SMILES string of the molecule is CCOC(=O)COc1ccccc1C1C(C#N)=C(N)Oc2c1c(-c1ccccc1)nn2C. The second-order valence-corrected chi connectivity index (χ2v) is 7.11. The number of rotatable bonds is 6. The third-order valence-corrected chi connectivity index (χ3v) is 5.13. The summed E-state index contributed by atoms with van der Waals surface area (Å²) >= 11 is 0. The number of aromatic nitrogens is 2. The zero-order valence-electron chi connectivity index (χ0n) is 17.7. The van der Waals surface area contributed by atoms with Crippen LogP contribution in [0.15, 0.2) is 66.1 Å². The summed E-state index contributed by atoms with van der Waals surface area (Å²) in [6.45, 7) is 1.75. The summed E-state index contributed by atoms with van der Waals surface area (Å²) in [7, 11) is 1.76. The standard InChI is InChI=1S/C24H22N4O4/c1-3-30-19(29)14-31-18-12-8-7-11-16(18)20-17(13-25)23(26)32-24-21(20)22(27-28(24)2)15-9-5-4-6-10-15/h4-12,20H,3,14,26H2,1-2H3. The molecular formula is C24H22N4O4. The summed E-state index contributed by atoms with van der Waals surface area (Å²) in [5.74, 6) is -0.164. The van der Waals surface area contributed by atoms with E-state index in [2.05, 4.69) is 11.2 Å². The van der Waals surface area contributed by atoms with Gasteiger partial charge in [-0.05, 0) is 13.0 Å². The lowest BCUT2D eigenvalue weighted by molar-refractivity contribution is -0.145. The molecular weight excluding hydrogens is 408 g/mol. The van der Waals surface area contributed by atoms with Crippen LogP contribution in [0.2, 0.25) is 0 Å². The first-order chi connectivity index (χ1) is 15.5. The fourth-order valence-electron chi connectivity index (χ4n) is 3.78. The number of hydrogen-bond donors (Lipinski definition) is 1. The lowest BCUT2D eigenvalue weighted by Crippen LogP contribution is -2.22. The number of ether oxygens (including phenoxy) is 3. The molecule has 1 aliphatic heterocycles. The van der Waals surface area contributed by atoms with Gasteiger partial charge in [0.15, 0.2) is 6.61 Å². The fraction of sp³-hybridized carbons (Fsp3) is 0.208. The third-order valence-electron chi connectivity index (χ3n) is 5.13. The number of carbonyl (C=O) groups excluding carboxylic acids is 1. The van der Waals surface area contributed by atoms with Gasteiger partial charge in [-0.2, -0.15) is 10.4 Å². The van der Waals surface area contributed by atoms with Crippen LogP contribution in [0.1, 0.15) is 24.0 Å². The quantitative estimate of drug-likeness (QED) is 0.597. The zero-order valence-corrected chi connectivity index (χ0v) is 17.7. The Morgan fingerprint density at radius 2 is 1.94 bits per heavy atom. The monoisotopic (exact) mass is 430 g/mol. The summed E-state index contributed by atoms with van der Waals surface area (Å²) in [6.07, 6.45) is 0. The molecule has 0 saturated carbocycles. The molecule has 8 heteroatoms. The highest BCUT2D eigenvalue weighted by Gasteiger charge is 2.38. The van der Waals surface area contributed by atoms with Gasteiger partial charge in [-0.15, -0.1) is 0 Å². The Hall–Kier alpha value is -4.25. The minimum absolute atomic E-state index is 0.00723. The van der Waals surface area contributed by atoms with Crippen molar-refractivity contribution in [3.63, 3.8) is 0 Å². The van der Waals surface area contributed by atoms with E-state index < -0.39 is 11.9 Å². The second-order valence-electron chi connectivity index (χ2n) is 7.11. The average Bonchev–Trinajstić information content (AvgIpc) is 3.13. The minimum atomic E-state index is -0.592. The number of nitriles is 1. The Labute approximate surface area is 185 Å². The first kappa shape index (κ1) is 21.0. The van der Waals surface area contributed by atoms with E-state index >= 15 is 0 Å². The van der Waals surface area contributed by atoms with Gasteiger partial charge in [-0.25, -0.2) is 9.48 Å². The number of para-hydroxylation sites is 1. The van der Waals surface area contributed by atoms with Crippen molar-refractivity contribution in [1.29, 1.82) is 5.26 Å². The lowest BCUT2D eigenvalue weighted by Gasteiger charge is -2.26. The maximum atomic E-state index is 11.9. The van der Waals surface area contributed by atoms with E-state index in [0.717, 1.165) is 5.56 Å². The van der Waals surface area contributed by atoms with E-state index in [-0.39, 0.29) is 24.7 Å². The second kappa shape index (κ2) is 8.86. The number of fused-ring (bicyclic) bond motifs is 1. The Bertz CT molecular complexity index is 1220. The van der Waals surface area contributed by atoms with E-state index in [9.17, 15) is 10.1 Å². The predicted octanol–water partition coefficient (Wildman–Crippen LogP) is 3.25. The van der Waals surface area contributed by atoms with Crippen LogP contribution in [0.25, 0.3) is 11.3 Å². The van der Waals surface area contributed by atoms with Crippen LogP contribution < -0.4 is 15.2 Å². The Morgan fingerprint density at radius 1 is 1.22 bits per heavy atom. The molecule has 1 aliphatic rings. The number of carbonyl (C=O) groups is 1. The maximum absolute atomic E-state index is 11.9. The molecule has 162 valence electrons. The normalized spacial score (nSPS) is 14.8. The highest BCUT2D eigenvalue weighted by atomic mass is 16.6. The fourth-order valence-corrected chi connectivity index (χ4v) is 3.78. The first-order valence-corrected chi connectivity index (χ1v) is 10.1. The number of esters is 1. The van der Waals surface area contributed by atoms with Crippen LogP contribution in [0.4, 0.5) is 0 Å². The highest BCUT2D eigenvalue weighted by Crippen LogP contribution is 2.48. The number of allylic oxidation sites excluding steroid dienone is 1. The molecule has 32 heavy (non-hydrogen) atoms. The summed E-state index contributed by atoms with van der Waals surface area (Å²) < 4.78 is 18.2. The van der Waals surface area contributed by atoms with Crippen LogP contribution in [0.5, 0.6) is 11.6 Å². The summed E-state index contributed by atoms with van der Waals surface area (Å²) in [6, 6.07) is 19.0. The molecule has 0 saturated heterocycles. The van der Waals surface area contributed by atoms with Crippen molar-refractivity contribution in [3.8, 4) is 29.0 Å². The van der Waals surface area contributed by atoms with Gasteiger partial charge in [0.1, 0.15) is 23.1 Å². The molecule has 0 spiro atoms. The van der Waals surface area contributed by atoms with Crippen molar-refractivity contribution in [1.82, 2.24) is 9.78 Å². The molecule has 2 heterocycles. The first-order valence-electron chi connectivity index (χ1n) is 10.1. The molecule has 0 radical (unpaired) electrons. The summed E-state index contributed by atoms with van der Waals surface area (Å²) in [5.41, 5.74) is 9.31. The third kappa shape index (κ3) is 3.76. The molecule has 0 aliphatic carbocycles. The smallest absolute Gasteiger partial charge is 0.344 e. The van der Waals surface area contributed by atoms with E-state index in [1.807, 2.05) is 42.5 Å². The van der Waals surface area contributed by atoms with Gasteiger partial charge in [0.2, 0.25) is 11.8 Å². The molecule has 0 amide bonds. The highest BCUT2D eigenvalue weighted by molar-refractivity contribution is 5.73. The zero-order chi connectivity index (χ0) is 22.7. The van der Waals surface area contributed by atoms with Gasteiger partial charge in [0.05, 0.1) is 18.1 Å². The van der Waals surface area contributed by atoms with Crippen molar-refractivity contribution < 1.29 is 19.0 Å². The minimum Gasteiger partial charge on any atom is -0.482 e. The van der Waals surface area contributed by atoms with Gasteiger partial charge in [-0.1, -0.05) is 48.5 Å². The van der Waals surface area contributed by atoms with Crippen LogP contribution in [-0.4, -0.2) is 29.0 Å². The van der Waals surface area contributed by atoms with E-state index in [1.54, 1.807) is 30.8 Å². The van der Waals surface area contributed by atoms with Gasteiger partial charge in [0, 0.05) is 18.2 Å². The van der Waals surface area contributed by atoms with Gasteiger partial charge < -0.3 is 19.9 Å². The summed E-state index contributed by atoms with van der Waals surface area (Å²) in [4.78, 5) is 11.9. The Kier molecular flexibility index (Phi) is 5.81. The van der Waals surface area contributed by atoms with Gasteiger partial charge >= 0.3 is 5.97 Å². The van der Waals surface area contributed by atoms with Crippen LogP contribution in [0.3, 0.4) is 0 Å². The van der Waals surface area contributed by atoms with E-state index in [0.29, 0.717) is 28.5 Å². The van der Waals surface area contributed by atoms with Crippen molar-refractivity contribution in [2.45, 2.75) is 12.8 Å². The van der Waals surface area contributed by atoms with Crippen molar-refractivity contribution in [3.05, 3.63) is 77.2 Å². The topological polar surface area (TPSA) is 112 Å². The number of benzene rings is 2. The largest absolute Gasteiger partial charge is 0.482 e. The Morgan fingerprint density at radius 3 is 2.66 bits per heavy atom. The van der Waals surface area contributed by atoms with Gasteiger partial charge in [0.25, 0.3) is 0 Å². The molecule has 3 aromatic rings. The summed E-state index contributed by atoms with van der Waals surface area (Å²) in [5, 5.41) is 14.6. The molecule has 1 aromatic heterocycles. The number of nitrogens with two attached hydrogens (primary N) is 1. The maximum Gasteiger partial charge on any atom is 0.344 e. The number of aryl methyl sites for hydroxylation is 1. The molecule has 2 N–H and O–H groups in total. The molecule has 8 nitrogen and oxygen atoms in total. The van der Waals surface area contributed by atoms with Crippen molar-refractivity contribution in [2.24, 2.45) is 12.8 Å². The van der Waals surface area contributed by atoms with Crippen LogP contribution >= 0.6 is 0 Å². The van der Waals surface area contributed by atoms with Crippen molar-refractivity contribution >= 4 is 5.97 Å². The molecule has 0 fully saturated rings. The van der Waals surface area contributed by atoms with E-state index in [1.165, 1.54) is 0 Å². The molecule has 0 bridgehead atoms. The molecule has 2 aromatic carbocycles. The number of nitrogens with zero attached hydrogens (tertiary/aromatic N) is 3. The van der Waals surface area contributed by atoms with Crippen molar-refractivity contribution in [2.75, 3.05) is 13.2 Å². The van der Waals surface area contributed by atoms with Crippen LogP contribution in [0, 0.1) is 11.3 Å².